The van der Waals surface area contributed by atoms with Crippen LogP contribution in [0.4, 0.5) is 4.39 Å². The van der Waals surface area contributed by atoms with E-state index in [1.807, 2.05) is 6.07 Å². The van der Waals surface area contributed by atoms with Crippen LogP contribution in [0.15, 0.2) is 47.3 Å². The van der Waals surface area contributed by atoms with Crippen molar-refractivity contribution in [1.29, 1.82) is 0 Å². The first-order chi connectivity index (χ1) is 13.0. The lowest BCUT2D eigenvalue weighted by molar-refractivity contribution is 0.101. The maximum Gasteiger partial charge on any atom is 0.262 e. The van der Waals surface area contributed by atoms with Crippen LogP contribution >= 0.6 is 0 Å². The van der Waals surface area contributed by atoms with E-state index in [0.29, 0.717) is 22.5 Å². The van der Waals surface area contributed by atoms with Gasteiger partial charge < -0.3 is 4.74 Å². The Bertz CT molecular complexity index is 1260. The molecule has 2 heterocycles. The van der Waals surface area contributed by atoms with E-state index in [0.717, 1.165) is 6.07 Å². The number of Topliss-reactive ketones (excluding diaryl/α,β-unsaturated/α-hetero) is 1. The lowest BCUT2D eigenvalue weighted by atomic mass is 10.1. The zero-order valence-electron chi connectivity index (χ0n) is 14.6. The number of ketones is 1. The molecule has 0 bridgehead atoms. The molecule has 4 aromatic rings. The summed E-state index contributed by atoms with van der Waals surface area (Å²) >= 11 is 0. The van der Waals surface area contributed by atoms with Gasteiger partial charge >= 0.3 is 0 Å². The van der Waals surface area contributed by atoms with Crippen LogP contribution in [-0.2, 0) is 13.7 Å². The number of aryl methyl sites for hydroxylation is 1. The number of nitrogens with zero attached hydrogens (tertiary/aromatic N) is 4. The molecule has 0 aliphatic heterocycles. The number of fused-ring (bicyclic) bond motifs is 3. The van der Waals surface area contributed by atoms with Crippen LogP contribution < -0.4 is 10.3 Å². The Hall–Kier alpha value is -3.55. The van der Waals surface area contributed by atoms with Crippen molar-refractivity contribution in [2.45, 2.75) is 13.5 Å². The molecule has 0 amide bonds. The van der Waals surface area contributed by atoms with E-state index in [-0.39, 0.29) is 29.3 Å². The summed E-state index contributed by atoms with van der Waals surface area (Å²) in [6.07, 6.45) is 0. The molecule has 0 saturated heterocycles. The van der Waals surface area contributed by atoms with E-state index >= 15 is 0 Å². The molecule has 0 radical (unpaired) electrons. The van der Waals surface area contributed by atoms with Gasteiger partial charge in [0.05, 0.1) is 16.5 Å². The lowest BCUT2D eigenvalue weighted by Crippen LogP contribution is -2.20. The number of halogens is 1. The molecule has 8 heteroatoms. The van der Waals surface area contributed by atoms with Gasteiger partial charge in [0, 0.05) is 13.1 Å². The molecular weight excluding hydrogens is 351 g/mol. The zero-order chi connectivity index (χ0) is 19.1. The third-order valence-electron chi connectivity index (χ3n) is 4.38. The van der Waals surface area contributed by atoms with E-state index in [1.165, 1.54) is 23.6 Å². The number of para-hydroxylation sites is 1. The van der Waals surface area contributed by atoms with Crippen molar-refractivity contribution in [3.05, 3.63) is 70.0 Å². The molecule has 2 aromatic heterocycles. The molecule has 0 N–H and O–H groups in total. The maximum absolute atomic E-state index is 14.0. The van der Waals surface area contributed by atoms with Crippen LogP contribution in [0, 0.1) is 5.82 Å². The molecule has 0 fully saturated rings. The highest BCUT2D eigenvalue weighted by atomic mass is 19.1. The molecule has 0 saturated carbocycles. The fourth-order valence-corrected chi connectivity index (χ4v) is 3.00. The first kappa shape index (κ1) is 16.9. The molecule has 0 spiro atoms. The van der Waals surface area contributed by atoms with E-state index in [9.17, 15) is 14.0 Å². The molecule has 0 aliphatic carbocycles. The summed E-state index contributed by atoms with van der Waals surface area (Å²) in [7, 11) is 1.62. The van der Waals surface area contributed by atoms with Gasteiger partial charge in [-0.05, 0) is 31.2 Å². The molecule has 136 valence electrons. The van der Waals surface area contributed by atoms with E-state index in [4.69, 9.17) is 4.74 Å². The molecule has 0 aliphatic rings. The smallest absolute Gasteiger partial charge is 0.262 e. The average Bonchev–Trinajstić information content (AvgIpc) is 3.08. The highest BCUT2D eigenvalue weighted by Crippen LogP contribution is 2.19. The molecule has 0 atom stereocenters. The molecule has 0 unspecified atom stereocenters. The maximum atomic E-state index is 14.0. The second kappa shape index (κ2) is 6.31. The van der Waals surface area contributed by atoms with Crippen molar-refractivity contribution in [2.24, 2.45) is 7.05 Å². The number of rotatable bonds is 4. The van der Waals surface area contributed by atoms with Crippen LogP contribution in [0.3, 0.4) is 0 Å². The predicted octanol–water partition coefficient (Wildman–Crippen LogP) is 2.50. The number of hydrogen-bond acceptors (Lipinski definition) is 5. The monoisotopic (exact) mass is 366 g/mol. The summed E-state index contributed by atoms with van der Waals surface area (Å²) in [5.74, 6) is 0.125. The van der Waals surface area contributed by atoms with Crippen LogP contribution in [0.2, 0.25) is 0 Å². The Morgan fingerprint density at radius 1 is 1.19 bits per heavy atom. The standard InChI is InChI=1S/C19H15FN4O3/c1-11(25)13-8-7-12(9-15(13)20)27-10-17-21-22-19-23(2)18(26)14-5-3-4-6-16(14)24(17)19/h3-9H,10H2,1-2H3. The van der Waals surface area contributed by atoms with Gasteiger partial charge in [0.15, 0.2) is 11.6 Å². The van der Waals surface area contributed by atoms with Gasteiger partial charge in [-0.2, -0.15) is 0 Å². The minimum Gasteiger partial charge on any atom is -0.485 e. The van der Waals surface area contributed by atoms with Gasteiger partial charge in [-0.25, -0.2) is 4.39 Å². The Balaban J connectivity index is 1.74. The lowest BCUT2D eigenvalue weighted by Gasteiger charge is -2.09. The number of benzene rings is 2. The minimum atomic E-state index is -0.640. The van der Waals surface area contributed by atoms with Gasteiger partial charge in [0.1, 0.15) is 18.2 Å². The molecule has 7 nitrogen and oxygen atoms in total. The average molecular weight is 366 g/mol. The van der Waals surface area contributed by atoms with Crippen molar-refractivity contribution in [1.82, 2.24) is 19.2 Å². The van der Waals surface area contributed by atoms with Crippen LogP contribution in [-0.4, -0.2) is 24.9 Å². The topological polar surface area (TPSA) is 78.5 Å². The largest absolute Gasteiger partial charge is 0.485 e. The third-order valence-corrected chi connectivity index (χ3v) is 4.38. The second-order valence-electron chi connectivity index (χ2n) is 6.12. The van der Waals surface area contributed by atoms with Gasteiger partial charge in [0.2, 0.25) is 5.78 Å². The molecule has 2 aromatic carbocycles. The number of ether oxygens (including phenoxy) is 1. The quantitative estimate of drug-likeness (QED) is 0.519. The number of aromatic nitrogens is 4. The highest BCUT2D eigenvalue weighted by Gasteiger charge is 2.15. The summed E-state index contributed by atoms with van der Waals surface area (Å²) in [6.45, 7) is 1.32. The second-order valence-corrected chi connectivity index (χ2v) is 6.12. The van der Waals surface area contributed by atoms with Crippen molar-refractivity contribution >= 4 is 22.5 Å². The van der Waals surface area contributed by atoms with Gasteiger partial charge in [-0.3, -0.25) is 18.6 Å². The van der Waals surface area contributed by atoms with Gasteiger partial charge in [0.25, 0.3) is 5.56 Å². The van der Waals surface area contributed by atoms with Crippen LogP contribution in [0.5, 0.6) is 5.75 Å². The Kier molecular flexibility index (Phi) is 3.95. The van der Waals surface area contributed by atoms with E-state index in [1.54, 1.807) is 29.6 Å². The SMILES string of the molecule is CC(=O)c1ccc(OCc2nnc3n(C)c(=O)c4ccccc4n23)cc1F. The number of hydrogen-bond donors (Lipinski definition) is 0. The summed E-state index contributed by atoms with van der Waals surface area (Å²) in [6, 6.07) is 11.2. The van der Waals surface area contributed by atoms with Crippen molar-refractivity contribution in [3.8, 4) is 5.75 Å². The van der Waals surface area contributed by atoms with Crippen LogP contribution in [0.1, 0.15) is 23.1 Å². The normalized spacial score (nSPS) is 11.2. The summed E-state index contributed by atoms with van der Waals surface area (Å²) in [5.41, 5.74) is 0.508. The first-order valence-corrected chi connectivity index (χ1v) is 8.22. The summed E-state index contributed by atoms with van der Waals surface area (Å²) < 4.78 is 22.7. The molecule has 4 rings (SSSR count). The highest BCUT2D eigenvalue weighted by molar-refractivity contribution is 5.94. The molecular formula is C19H15FN4O3. The Morgan fingerprint density at radius 2 is 1.96 bits per heavy atom. The summed E-state index contributed by atoms with van der Waals surface area (Å²) in [5, 5.41) is 8.72. The van der Waals surface area contributed by atoms with Crippen LogP contribution in [0.25, 0.3) is 16.7 Å². The first-order valence-electron chi connectivity index (χ1n) is 8.22. The van der Waals surface area contributed by atoms with E-state index in [2.05, 4.69) is 10.2 Å². The summed E-state index contributed by atoms with van der Waals surface area (Å²) in [4.78, 5) is 23.8. The minimum absolute atomic E-state index is 0.0104. The fourth-order valence-electron chi connectivity index (χ4n) is 3.00. The Morgan fingerprint density at radius 3 is 2.70 bits per heavy atom. The number of carbonyl (C=O) groups is 1. The van der Waals surface area contributed by atoms with Crippen molar-refractivity contribution in [3.63, 3.8) is 0 Å². The fraction of sp³-hybridized carbons (Fsp3) is 0.158. The Labute approximate surface area is 152 Å². The predicted molar refractivity (Wildman–Crippen MR) is 96.5 cm³/mol. The van der Waals surface area contributed by atoms with Gasteiger partial charge in [-0.15, -0.1) is 10.2 Å². The third kappa shape index (κ3) is 2.75. The van der Waals surface area contributed by atoms with Crippen molar-refractivity contribution in [2.75, 3.05) is 0 Å². The number of carbonyl (C=O) groups excluding carboxylic acids is 1. The van der Waals surface area contributed by atoms with Gasteiger partial charge in [-0.1, -0.05) is 12.1 Å². The van der Waals surface area contributed by atoms with E-state index < -0.39 is 5.82 Å². The molecule has 27 heavy (non-hydrogen) atoms. The van der Waals surface area contributed by atoms with Crippen molar-refractivity contribution < 1.29 is 13.9 Å². The zero-order valence-corrected chi connectivity index (χ0v) is 14.6.